The fraction of sp³-hybridized carbons (Fsp3) is 0.375. The van der Waals surface area contributed by atoms with Gasteiger partial charge in [0.25, 0.3) is 5.91 Å². The van der Waals surface area contributed by atoms with E-state index in [1.54, 1.807) is 35.3 Å². The number of nitrogens with one attached hydrogen (secondary N) is 1. The van der Waals surface area contributed by atoms with E-state index in [4.69, 9.17) is 0 Å². The lowest BCUT2D eigenvalue weighted by Crippen LogP contribution is -2.54. The van der Waals surface area contributed by atoms with Crippen LogP contribution in [0.2, 0.25) is 0 Å². The molecule has 0 spiro atoms. The summed E-state index contributed by atoms with van der Waals surface area (Å²) in [5.41, 5.74) is 2.04. The molecule has 1 N–H and O–H groups in total. The molecular weight excluding hydrogens is 470 g/mol. The van der Waals surface area contributed by atoms with Crippen molar-refractivity contribution in [2.24, 2.45) is 5.92 Å². The van der Waals surface area contributed by atoms with Gasteiger partial charge in [0.1, 0.15) is 0 Å². The van der Waals surface area contributed by atoms with Crippen LogP contribution in [0, 0.1) is 5.92 Å². The summed E-state index contributed by atoms with van der Waals surface area (Å²) in [5, 5.41) is 6.93. The molecule has 10 heteroatoms. The van der Waals surface area contributed by atoms with Gasteiger partial charge in [-0.2, -0.15) is 0 Å². The van der Waals surface area contributed by atoms with E-state index >= 15 is 0 Å². The maximum absolute atomic E-state index is 13.9. The van der Waals surface area contributed by atoms with Gasteiger partial charge in [-0.25, -0.2) is 9.78 Å². The second-order valence-electron chi connectivity index (χ2n) is 8.58. The standard InChI is InChI=1S/C24H25N5O3S2/c30-21(13-19-15-33-16-26-19)28-9-5-17(6-10-28)24(18-3-1-8-25-14-18)22(31)29(23(32)27-24)11-7-20-4-2-12-34-20/h1-4,8,12,14-17H,5-7,9-11,13H2,(H,27,32)/t24-/m0/s1. The molecule has 8 nitrogen and oxygen atoms in total. The lowest BCUT2D eigenvalue weighted by atomic mass is 9.73. The molecule has 5 heterocycles. The first kappa shape index (κ1) is 22.7. The Hall–Kier alpha value is -3.11. The topological polar surface area (TPSA) is 95.5 Å². The smallest absolute Gasteiger partial charge is 0.325 e. The summed E-state index contributed by atoms with van der Waals surface area (Å²) in [7, 11) is 0. The molecule has 0 saturated carbocycles. The number of pyridine rings is 1. The molecule has 3 aromatic heterocycles. The highest BCUT2D eigenvalue weighted by molar-refractivity contribution is 7.09. The second-order valence-corrected chi connectivity index (χ2v) is 10.3. The van der Waals surface area contributed by atoms with Crippen molar-refractivity contribution in [1.29, 1.82) is 0 Å². The number of likely N-dealkylation sites (tertiary alicyclic amines) is 1. The third kappa shape index (κ3) is 4.23. The van der Waals surface area contributed by atoms with Crippen molar-refractivity contribution in [3.8, 4) is 0 Å². The molecule has 2 saturated heterocycles. The molecule has 34 heavy (non-hydrogen) atoms. The predicted octanol–water partition coefficient (Wildman–Crippen LogP) is 3.07. The third-order valence-electron chi connectivity index (χ3n) is 6.69. The van der Waals surface area contributed by atoms with E-state index in [9.17, 15) is 14.4 Å². The van der Waals surface area contributed by atoms with Crippen LogP contribution in [0.15, 0.2) is 52.9 Å². The lowest BCUT2D eigenvalue weighted by Gasteiger charge is -2.41. The molecule has 176 valence electrons. The summed E-state index contributed by atoms with van der Waals surface area (Å²) >= 11 is 3.09. The maximum Gasteiger partial charge on any atom is 0.325 e. The number of nitrogens with zero attached hydrogens (tertiary/aromatic N) is 4. The molecule has 0 aromatic carbocycles. The summed E-state index contributed by atoms with van der Waals surface area (Å²) in [5.74, 6) is -0.323. The number of hydrogen-bond acceptors (Lipinski definition) is 7. The lowest BCUT2D eigenvalue weighted by molar-refractivity contribution is -0.136. The van der Waals surface area contributed by atoms with Crippen LogP contribution in [-0.4, -0.2) is 57.2 Å². The van der Waals surface area contributed by atoms with Gasteiger partial charge in [-0.3, -0.25) is 19.5 Å². The van der Waals surface area contributed by atoms with Gasteiger partial charge in [0.05, 0.1) is 17.6 Å². The molecule has 5 rings (SSSR count). The Morgan fingerprint density at radius 2 is 2.06 bits per heavy atom. The number of carbonyl (C=O) groups excluding carboxylic acids is 3. The SMILES string of the molecule is O=C(Cc1cscn1)N1CCC([C@@]2(c3cccnc3)NC(=O)N(CCc3cccs3)C2=O)CC1. The maximum atomic E-state index is 13.9. The molecular formula is C24H25N5O3S2. The summed E-state index contributed by atoms with van der Waals surface area (Å²) in [6, 6.07) is 7.25. The van der Waals surface area contributed by atoms with E-state index in [2.05, 4.69) is 15.3 Å². The molecule has 2 aliphatic heterocycles. The van der Waals surface area contributed by atoms with Gasteiger partial charge in [0, 0.05) is 47.8 Å². The molecule has 0 radical (unpaired) electrons. The number of thiophene rings is 1. The van der Waals surface area contributed by atoms with Crippen molar-refractivity contribution in [3.05, 3.63) is 69.1 Å². The van der Waals surface area contributed by atoms with E-state index < -0.39 is 5.54 Å². The van der Waals surface area contributed by atoms with Gasteiger partial charge in [0.2, 0.25) is 5.91 Å². The Bertz CT molecular complexity index is 1140. The average molecular weight is 496 g/mol. The molecule has 0 aliphatic carbocycles. The highest BCUT2D eigenvalue weighted by Crippen LogP contribution is 2.41. The summed E-state index contributed by atoms with van der Waals surface area (Å²) in [4.78, 5) is 52.4. The molecule has 1 atom stereocenters. The Morgan fingerprint density at radius 3 is 2.74 bits per heavy atom. The third-order valence-corrected chi connectivity index (χ3v) is 8.26. The minimum atomic E-state index is -1.16. The van der Waals surface area contributed by atoms with Crippen LogP contribution < -0.4 is 5.32 Å². The highest BCUT2D eigenvalue weighted by Gasteiger charge is 2.57. The normalized spacial score (nSPS) is 21.2. The van der Waals surface area contributed by atoms with E-state index in [-0.39, 0.29) is 30.2 Å². The predicted molar refractivity (Wildman–Crippen MR) is 129 cm³/mol. The number of amides is 4. The van der Waals surface area contributed by atoms with Crippen LogP contribution in [0.3, 0.4) is 0 Å². The number of hydrogen-bond donors (Lipinski definition) is 1. The Labute approximate surface area is 205 Å². The fourth-order valence-corrected chi connectivity index (χ4v) is 6.19. The van der Waals surface area contributed by atoms with Gasteiger partial charge >= 0.3 is 6.03 Å². The number of aromatic nitrogens is 2. The molecule has 0 bridgehead atoms. The van der Waals surface area contributed by atoms with Gasteiger partial charge in [-0.1, -0.05) is 12.1 Å². The van der Waals surface area contributed by atoms with Crippen LogP contribution in [0.1, 0.15) is 29.0 Å². The minimum absolute atomic E-state index is 0.0409. The van der Waals surface area contributed by atoms with E-state index in [1.165, 1.54) is 16.2 Å². The molecule has 2 aliphatic rings. The van der Waals surface area contributed by atoms with Crippen molar-refractivity contribution in [3.63, 3.8) is 0 Å². The molecule has 0 unspecified atom stereocenters. The monoisotopic (exact) mass is 495 g/mol. The van der Waals surface area contributed by atoms with Crippen LogP contribution in [0.25, 0.3) is 0 Å². The number of thiazole rings is 1. The zero-order valence-corrected chi connectivity index (χ0v) is 20.2. The van der Waals surface area contributed by atoms with Gasteiger partial charge in [0.15, 0.2) is 5.54 Å². The number of rotatable bonds is 7. The Kier molecular flexibility index (Phi) is 6.42. The fourth-order valence-electron chi connectivity index (χ4n) is 4.93. The van der Waals surface area contributed by atoms with Crippen LogP contribution in [0.4, 0.5) is 4.79 Å². The van der Waals surface area contributed by atoms with Crippen LogP contribution >= 0.6 is 22.7 Å². The minimum Gasteiger partial charge on any atom is -0.342 e. The van der Waals surface area contributed by atoms with Crippen molar-refractivity contribution in [2.75, 3.05) is 19.6 Å². The first-order valence-corrected chi connectivity index (χ1v) is 13.1. The zero-order valence-electron chi connectivity index (χ0n) is 18.6. The Balaban J connectivity index is 1.34. The van der Waals surface area contributed by atoms with Crippen molar-refractivity contribution >= 4 is 40.5 Å². The first-order valence-electron chi connectivity index (χ1n) is 11.3. The van der Waals surface area contributed by atoms with Gasteiger partial charge in [-0.15, -0.1) is 22.7 Å². The highest BCUT2D eigenvalue weighted by atomic mass is 32.1. The van der Waals surface area contributed by atoms with Gasteiger partial charge < -0.3 is 10.2 Å². The molecule has 4 amide bonds. The van der Waals surface area contributed by atoms with E-state index in [1.807, 2.05) is 33.9 Å². The zero-order chi connectivity index (χ0) is 23.5. The second kappa shape index (κ2) is 9.63. The van der Waals surface area contributed by atoms with Crippen LogP contribution in [-0.2, 0) is 28.0 Å². The molecule has 2 fully saturated rings. The quantitative estimate of drug-likeness (QED) is 0.509. The number of piperidine rings is 1. The molecule has 3 aromatic rings. The van der Waals surface area contributed by atoms with Crippen molar-refractivity contribution in [2.45, 2.75) is 31.2 Å². The van der Waals surface area contributed by atoms with Crippen molar-refractivity contribution < 1.29 is 14.4 Å². The average Bonchev–Trinajstić information content (AvgIpc) is 3.61. The largest absolute Gasteiger partial charge is 0.342 e. The Morgan fingerprint density at radius 1 is 1.21 bits per heavy atom. The van der Waals surface area contributed by atoms with E-state index in [0.29, 0.717) is 44.5 Å². The van der Waals surface area contributed by atoms with Crippen LogP contribution in [0.5, 0.6) is 0 Å². The summed E-state index contributed by atoms with van der Waals surface area (Å²) < 4.78 is 0. The number of carbonyl (C=O) groups is 3. The number of urea groups is 1. The number of imide groups is 1. The first-order chi connectivity index (χ1) is 16.6. The van der Waals surface area contributed by atoms with Gasteiger partial charge in [-0.05, 0) is 42.7 Å². The van der Waals surface area contributed by atoms with E-state index in [0.717, 1.165) is 10.6 Å². The summed E-state index contributed by atoms with van der Waals surface area (Å²) in [6.07, 6.45) is 5.47. The summed E-state index contributed by atoms with van der Waals surface area (Å²) in [6.45, 7) is 1.40. The van der Waals surface area contributed by atoms with Crippen molar-refractivity contribution in [1.82, 2.24) is 25.1 Å².